The van der Waals surface area contributed by atoms with Gasteiger partial charge in [-0.3, -0.25) is 0 Å². The Bertz CT molecular complexity index is 333. The number of likely N-dealkylation sites (tertiary alicyclic amines) is 1. The van der Waals surface area contributed by atoms with Gasteiger partial charge in [-0.25, -0.2) is 4.39 Å². The summed E-state index contributed by atoms with van der Waals surface area (Å²) in [5, 5.41) is 10.3. The summed E-state index contributed by atoms with van der Waals surface area (Å²) >= 11 is 0. The minimum Gasteiger partial charge on any atom is -0.386 e. The van der Waals surface area contributed by atoms with E-state index in [4.69, 9.17) is 0 Å². The van der Waals surface area contributed by atoms with Crippen LogP contribution in [-0.2, 0) is 0 Å². The summed E-state index contributed by atoms with van der Waals surface area (Å²) in [4.78, 5) is 2.12. The maximum Gasteiger partial charge on any atom is 0.154 e. The lowest BCUT2D eigenvalue weighted by atomic mass is 9.84. The van der Waals surface area contributed by atoms with Crippen molar-refractivity contribution in [2.75, 3.05) is 20.1 Å². The molecule has 0 radical (unpaired) electrons. The molecule has 0 bridgehead atoms. The Balaban J connectivity index is 2.12. The number of piperidine rings is 1. The second-order valence-corrected chi connectivity index (χ2v) is 4.68. The Morgan fingerprint density at radius 3 is 2.38 bits per heavy atom. The van der Waals surface area contributed by atoms with Gasteiger partial charge >= 0.3 is 0 Å². The van der Waals surface area contributed by atoms with Crippen molar-refractivity contribution in [3.8, 4) is 0 Å². The first kappa shape index (κ1) is 11.6. The molecule has 0 amide bonds. The Hall–Kier alpha value is -0.930. The van der Waals surface area contributed by atoms with E-state index in [0.717, 1.165) is 13.1 Å². The maximum atomic E-state index is 14.3. The van der Waals surface area contributed by atoms with Gasteiger partial charge < -0.3 is 10.0 Å². The van der Waals surface area contributed by atoms with E-state index in [9.17, 15) is 9.50 Å². The molecule has 1 aliphatic rings. The molecule has 1 aliphatic heterocycles. The second kappa shape index (κ2) is 4.52. The molecular weight excluding hydrogens is 205 g/mol. The van der Waals surface area contributed by atoms with E-state index < -0.39 is 11.8 Å². The number of benzene rings is 1. The molecule has 88 valence electrons. The topological polar surface area (TPSA) is 23.5 Å². The highest BCUT2D eigenvalue weighted by Crippen LogP contribution is 2.37. The molecule has 1 saturated heterocycles. The lowest BCUT2D eigenvalue weighted by Gasteiger charge is -2.38. The van der Waals surface area contributed by atoms with Crippen LogP contribution < -0.4 is 0 Å². The molecule has 0 saturated carbocycles. The smallest absolute Gasteiger partial charge is 0.154 e. The SMILES string of the molecule is CN1CCC(O)(C(F)c2ccccc2)CC1. The third-order valence-electron chi connectivity index (χ3n) is 3.42. The molecule has 2 rings (SSSR count). The number of hydrogen-bond donors (Lipinski definition) is 1. The molecule has 1 heterocycles. The standard InChI is InChI=1S/C13H18FNO/c1-15-9-7-13(16,8-10-15)12(14)11-5-3-2-4-6-11/h2-6,12,16H,7-10H2,1H3. The predicted octanol–water partition coefficient (Wildman–Crippen LogP) is 2.15. The Kier molecular flexibility index (Phi) is 3.26. The van der Waals surface area contributed by atoms with Crippen LogP contribution in [0.1, 0.15) is 24.6 Å². The molecular formula is C13H18FNO. The van der Waals surface area contributed by atoms with Crippen LogP contribution in [0.2, 0.25) is 0 Å². The number of rotatable bonds is 2. The molecule has 1 unspecified atom stereocenters. The van der Waals surface area contributed by atoms with Crippen molar-refractivity contribution in [3.05, 3.63) is 35.9 Å². The molecule has 0 aromatic heterocycles. The maximum absolute atomic E-state index is 14.3. The van der Waals surface area contributed by atoms with Crippen LogP contribution in [-0.4, -0.2) is 35.7 Å². The Labute approximate surface area is 95.7 Å². The first-order valence-corrected chi connectivity index (χ1v) is 5.72. The van der Waals surface area contributed by atoms with Crippen LogP contribution in [0.5, 0.6) is 0 Å². The van der Waals surface area contributed by atoms with Crippen molar-refractivity contribution >= 4 is 0 Å². The van der Waals surface area contributed by atoms with Crippen molar-refractivity contribution in [2.24, 2.45) is 0 Å². The average Bonchev–Trinajstić information content (AvgIpc) is 2.33. The predicted molar refractivity (Wildman–Crippen MR) is 62.0 cm³/mol. The molecule has 1 atom stereocenters. The highest BCUT2D eigenvalue weighted by molar-refractivity contribution is 5.20. The zero-order valence-corrected chi connectivity index (χ0v) is 9.56. The summed E-state index contributed by atoms with van der Waals surface area (Å²) in [6.07, 6.45) is -0.276. The van der Waals surface area contributed by atoms with Crippen molar-refractivity contribution in [1.29, 1.82) is 0 Å². The van der Waals surface area contributed by atoms with E-state index in [2.05, 4.69) is 4.90 Å². The first-order chi connectivity index (χ1) is 7.62. The van der Waals surface area contributed by atoms with Crippen LogP contribution in [0, 0.1) is 0 Å². The summed E-state index contributed by atoms with van der Waals surface area (Å²) in [5.74, 6) is 0. The molecule has 1 fully saturated rings. The summed E-state index contributed by atoms with van der Waals surface area (Å²) in [7, 11) is 2.00. The van der Waals surface area contributed by atoms with Crippen molar-refractivity contribution < 1.29 is 9.50 Å². The van der Waals surface area contributed by atoms with E-state index in [1.807, 2.05) is 13.1 Å². The second-order valence-electron chi connectivity index (χ2n) is 4.68. The van der Waals surface area contributed by atoms with Gasteiger partial charge in [0.25, 0.3) is 0 Å². The highest BCUT2D eigenvalue weighted by Gasteiger charge is 2.40. The van der Waals surface area contributed by atoms with Crippen LogP contribution >= 0.6 is 0 Å². The number of halogens is 1. The molecule has 1 N–H and O–H groups in total. The summed E-state index contributed by atoms with van der Waals surface area (Å²) < 4.78 is 14.3. The minimum atomic E-state index is -1.28. The van der Waals surface area contributed by atoms with Crippen molar-refractivity contribution in [3.63, 3.8) is 0 Å². The van der Waals surface area contributed by atoms with Gasteiger partial charge in [0.05, 0.1) is 0 Å². The third-order valence-corrected chi connectivity index (χ3v) is 3.42. The average molecular weight is 223 g/mol. The molecule has 16 heavy (non-hydrogen) atoms. The summed E-state index contributed by atoms with van der Waals surface area (Å²) in [6, 6.07) is 8.94. The quantitative estimate of drug-likeness (QED) is 0.830. The fraction of sp³-hybridized carbons (Fsp3) is 0.538. The molecule has 0 spiro atoms. The van der Waals surface area contributed by atoms with Gasteiger partial charge in [0.2, 0.25) is 0 Å². The summed E-state index contributed by atoms with van der Waals surface area (Å²) in [6.45, 7) is 1.51. The van der Waals surface area contributed by atoms with Gasteiger partial charge in [0.15, 0.2) is 6.17 Å². The molecule has 3 heteroatoms. The lowest BCUT2D eigenvalue weighted by Crippen LogP contribution is -2.45. The zero-order valence-electron chi connectivity index (χ0n) is 9.56. The number of hydrogen-bond acceptors (Lipinski definition) is 2. The van der Waals surface area contributed by atoms with Gasteiger partial charge in [-0.05, 0) is 25.5 Å². The van der Waals surface area contributed by atoms with Gasteiger partial charge in [0.1, 0.15) is 5.60 Å². The van der Waals surface area contributed by atoms with Gasteiger partial charge in [-0.15, -0.1) is 0 Å². The number of aliphatic hydroxyl groups is 1. The zero-order chi connectivity index (χ0) is 11.6. The minimum absolute atomic E-state index is 0.500. The normalized spacial score (nSPS) is 22.9. The number of nitrogens with zero attached hydrogens (tertiary/aromatic N) is 1. The molecule has 0 aliphatic carbocycles. The molecule has 1 aromatic carbocycles. The van der Waals surface area contributed by atoms with Gasteiger partial charge in [-0.1, -0.05) is 30.3 Å². The number of alkyl halides is 1. The lowest BCUT2D eigenvalue weighted by molar-refractivity contribution is -0.0765. The monoisotopic (exact) mass is 223 g/mol. The van der Waals surface area contributed by atoms with E-state index in [-0.39, 0.29) is 0 Å². The highest BCUT2D eigenvalue weighted by atomic mass is 19.1. The Morgan fingerprint density at radius 1 is 1.25 bits per heavy atom. The van der Waals surface area contributed by atoms with Crippen LogP contribution in [0.25, 0.3) is 0 Å². The van der Waals surface area contributed by atoms with Crippen LogP contribution in [0.4, 0.5) is 4.39 Å². The van der Waals surface area contributed by atoms with Gasteiger partial charge in [-0.2, -0.15) is 0 Å². The van der Waals surface area contributed by atoms with Crippen LogP contribution in [0.3, 0.4) is 0 Å². The fourth-order valence-corrected chi connectivity index (χ4v) is 2.19. The van der Waals surface area contributed by atoms with E-state index in [1.54, 1.807) is 24.3 Å². The summed E-state index contributed by atoms with van der Waals surface area (Å²) in [5.41, 5.74) is -0.608. The molecule has 1 aromatic rings. The first-order valence-electron chi connectivity index (χ1n) is 5.72. The van der Waals surface area contributed by atoms with E-state index >= 15 is 0 Å². The fourth-order valence-electron chi connectivity index (χ4n) is 2.19. The van der Waals surface area contributed by atoms with E-state index in [1.165, 1.54) is 0 Å². The Morgan fingerprint density at radius 2 is 1.81 bits per heavy atom. The third kappa shape index (κ3) is 2.25. The largest absolute Gasteiger partial charge is 0.386 e. The van der Waals surface area contributed by atoms with Crippen LogP contribution in [0.15, 0.2) is 30.3 Å². The van der Waals surface area contributed by atoms with E-state index in [0.29, 0.717) is 18.4 Å². The van der Waals surface area contributed by atoms with Crippen molar-refractivity contribution in [1.82, 2.24) is 4.90 Å². The molecule has 2 nitrogen and oxygen atoms in total. The van der Waals surface area contributed by atoms with Crippen molar-refractivity contribution in [2.45, 2.75) is 24.6 Å². The van der Waals surface area contributed by atoms with Gasteiger partial charge in [0, 0.05) is 13.1 Å².